The Bertz CT molecular complexity index is 532. The maximum atomic E-state index is 12.9. The maximum absolute atomic E-state index is 12.9. The lowest BCUT2D eigenvalue weighted by atomic mass is 9.98. The number of aryl methyl sites for hydroxylation is 2. The number of benzene rings is 2. The highest BCUT2D eigenvalue weighted by atomic mass is 19.1. The van der Waals surface area contributed by atoms with E-state index in [9.17, 15) is 9.50 Å². The van der Waals surface area contributed by atoms with Gasteiger partial charge in [0.05, 0.1) is 0 Å². The van der Waals surface area contributed by atoms with Crippen molar-refractivity contribution in [3.05, 3.63) is 53.3 Å². The van der Waals surface area contributed by atoms with Crippen LogP contribution in [0.5, 0.6) is 5.75 Å². The summed E-state index contributed by atoms with van der Waals surface area (Å²) in [5.41, 5.74) is 4.11. The molecule has 16 heavy (non-hydrogen) atoms. The number of halogens is 1. The van der Waals surface area contributed by atoms with Crippen LogP contribution in [-0.4, -0.2) is 5.11 Å². The summed E-state index contributed by atoms with van der Waals surface area (Å²) in [6, 6.07) is 10.5. The molecule has 0 aliphatic rings. The second-order valence-electron chi connectivity index (χ2n) is 3.98. The summed E-state index contributed by atoms with van der Waals surface area (Å²) < 4.78 is 12.9. The molecule has 2 aromatic rings. The Hall–Kier alpha value is -1.83. The molecule has 0 amide bonds. The van der Waals surface area contributed by atoms with E-state index in [1.807, 2.05) is 32.0 Å². The van der Waals surface area contributed by atoms with Crippen molar-refractivity contribution in [2.24, 2.45) is 0 Å². The van der Waals surface area contributed by atoms with E-state index in [1.54, 1.807) is 6.07 Å². The van der Waals surface area contributed by atoms with E-state index in [0.29, 0.717) is 0 Å². The molecule has 0 radical (unpaired) electrons. The molecule has 0 spiro atoms. The molecular formula is C14H13FO. The molecule has 0 aliphatic heterocycles. The highest BCUT2D eigenvalue weighted by Crippen LogP contribution is 2.28. The average molecular weight is 216 g/mol. The van der Waals surface area contributed by atoms with Crippen molar-refractivity contribution in [2.45, 2.75) is 13.8 Å². The SMILES string of the molecule is Cc1ccc(C)c(-c2ccc(F)c(O)c2)c1. The second-order valence-corrected chi connectivity index (χ2v) is 3.98. The van der Waals surface area contributed by atoms with Crippen LogP contribution >= 0.6 is 0 Å². The number of rotatable bonds is 1. The molecule has 0 saturated carbocycles. The molecule has 0 aliphatic carbocycles. The van der Waals surface area contributed by atoms with E-state index in [4.69, 9.17) is 0 Å². The van der Waals surface area contributed by atoms with Crippen molar-refractivity contribution >= 4 is 0 Å². The Kier molecular flexibility index (Phi) is 2.65. The van der Waals surface area contributed by atoms with Crippen LogP contribution in [0.2, 0.25) is 0 Å². The first kappa shape index (κ1) is 10.7. The van der Waals surface area contributed by atoms with Crippen LogP contribution in [0.15, 0.2) is 36.4 Å². The van der Waals surface area contributed by atoms with Crippen molar-refractivity contribution in [3.8, 4) is 16.9 Å². The topological polar surface area (TPSA) is 20.2 Å². The van der Waals surface area contributed by atoms with Crippen LogP contribution in [0.4, 0.5) is 4.39 Å². The molecule has 0 atom stereocenters. The van der Waals surface area contributed by atoms with Gasteiger partial charge >= 0.3 is 0 Å². The van der Waals surface area contributed by atoms with Gasteiger partial charge in [-0.25, -0.2) is 4.39 Å². The van der Waals surface area contributed by atoms with Gasteiger partial charge < -0.3 is 5.11 Å². The van der Waals surface area contributed by atoms with Crippen LogP contribution in [-0.2, 0) is 0 Å². The maximum Gasteiger partial charge on any atom is 0.164 e. The molecule has 0 bridgehead atoms. The van der Waals surface area contributed by atoms with Crippen LogP contribution in [0.3, 0.4) is 0 Å². The summed E-state index contributed by atoms with van der Waals surface area (Å²) in [5.74, 6) is -0.896. The normalized spacial score (nSPS) is 10.4. The Morgan fingerprint density at radius 1 is 1.00 bits per heavy atom. The predicted molar refractivity (Wildman–Crippen MR) is 63.0 cm³/mol. The highest BCUT2D eigenvalue weighted by molar-refractivity contribution is 5.69. The second kappa shape index (κ2) is 3.97. The molecule has 0 aromatic heterocycles. The molecular weight excluding hydrogens is 203 g/mol. The number of aromatic hydroxyl groups is 1. The number of hydrogen-bond acceptors (Lipinski definition) is 1. The van der Waals surface area contributed by atoms with Crippen molar-refractivity contribution in [3.63, 3.8) is 0 Å². The quantitative estimate of drug-likeness (QED) is 0.768. The molecule has 2 heteroatoms. The summed E-state index contributed by atoms with van der Waals surface area (Å²) in [7, 11) is 0. The third kappa shape index (κ3) is 1.91. The third-order valence-corrected chi connectivity index (χ3v) is 2.65. The first-order valence-electron chi connectivity index (χ1n) is 5.14. The van der Waals surface area contributed by atoms with Gasteiger partial charge in [0, 0.05) is 0 Å². The van der Waals surface area contributed by atoms with Crippen LogP contribution in [0.1, 0.15) is 11.1 Å². The van der Waals surface area contributed by atoms with Gasteiger partial charge in [0.15, 0.2) is 11.6 Å². The predicted octanol–water partition coefficient (Wildman–Crippen LogP) is 3.82. The van der Waals surface area contributed by atoms with E-state index in [1.165, 1.54) is 12.1 Å². The van der Waals surface area contributed by atoms with E-state index < -0.39 is 5.82 Å². The van der Waals surface area contributed by atoms with Gasteiger partial charge in [-0.2, -0.15) is 0 Å². The van der Waals surface area contributed by atoms with Gasteiger partial charge in [0.1, 0.15) is 0 Å². The fourth-order valence-corrected chi connectivity index (χ4v) is 1.73. The lowest BCUT2D eigenvalue weighted by molar-refractivity contribution is 0.433. The summed E-state index contributed by atoms with van der Waals surface area (Å²) in [6.45, 7) is 4.00. The monoisotopic (exact) mass is 216 g/mol. The summed E-state index contributed by atoms with van der Waals surface area (Å²) in [5, 5.41) is 9.35. The Morgan fingerprint density at radius 3 is 2.44 bits per heavy atom. The standard InChI is InChI=1S/C14H13FO/c1-9-3-4-10(2)12(7-9)11-5-6-13(15)14(16)8-11/h3-8,16H,1-2H3. The molecule has 0 unspecified atom stereocenters. The van der Waals surface area contributed by atoms with Gasteiger partial charge in [-0.3, -0.25) is 0 Å². The van der Waals surface area contributed by atoms with Crippen LogP contribution in [0, 0.1) is 19.7 Å². The number of phenols is 1. The van der Waals surface area contributed by atoms with Gasteiger partial charge in [0.25, 0.3) is 0 Å². The van der Waals surface area contributed by atoms with Gasteiger partial charge in [-0.05, 0) is 42.7 Å². The minimum atomic E-state index is -0.589. The largest absolute Gasteiger partial charge is 0.505 e. The average Bonchev–Trinajstić information content (AvgIpc) is 2.26. The zero-order valence-electron chi connectivity index (χ0n) is 9.29. The summed E-state index contributed by atoms with van der Waals surface area (Å²) in [6.07, 6.45) is 0. The third-order valence-electron chi connectivity index (χ3n) is 2.65. The summed E-state index contributed by atoms with van der Waals surface area (Å²) in [4.78, 5) is 0. The van der Waals surface area contributed by atoms with E-state index in [-0.39, 0.29) is 5.75 Å². The van der Waals surface area contributed by atoms with Crippen LogP contribution in [0.25, 0.3) is 11.1 Å². The van der Waals surface area contributed by atoms with Crippen molar-refractivity contribution in [2.75, 3.05) is 0 Å². The fraction of sp³-hybridized carbons (Fsp3) is 0.143. The fourth-order valence-electron chi connectivity index (χ4n) is 1.73. The molecule has 1 nitrogen and oxygen atoms in total. The van der Waals surface area contributed by atoms with E-state index in [2.05, 4.69) is 0 Å². The van der Waals surface area contributed by atoms with Gasteiger partial charge in [-0.15, -0.1) is 0 Å². The van der Waals surface area contributed by atoms with Gasteiger partial charge in [-0.1, -0.05) is 29.8 Å². The van der Waals surface area contributed by atoms with Crippen molar-refractivity contribution < 1.29 is 9.50 Å². The molecule has 2 rings (SSSR count). The molecule has 0 saturated heterocycles. The van der Waals surface area contributed by atoms with E-state index >= 15 is 0 Å². The minimum absolute atomic E-state index is 0.307. The zero-order valence-corrected chi connectivity index (χ0v) is 9.29. The zero-order chi connectivity index (χ0) is 11.7. The number of phenolic OH excluding ortho intramolecular Hbond substituents is 1. The minimum Gasteiger partial charge on any atom is -0.505 e. The molecule has 82 valence electrons. The Balaban J connectivity index is 2.58. The lowest BCUT2D eigenvalue weighted by Crippen LogP contribution is -1.86. The van der Waals surface area contributed by atoms with Gasteiger partial charge in [0.2, 0.25) is 0 Å². The first-order valence-corrected chi connectivity index (χ1v) is 5.14. The van der Waals surface area contributed by atoms with Crippen molar-refractivity contribution in [1.29, 1.82) is 0 Å². The van der Waals surface area contributed by atoms with Crippen LogP contribution < -0.4 is 0 Å². The Morgan fingerprint density at radius 2 is 1.75 bits per heavy atom. The molecule has 2 aromatic carbocycles. The summed E-state index contributed by atoms with van der Waals surface area (Å²) >= 11 is 0. The molecule has 1 N–H and O–H groups in total. The van der Waals surface area contributed by atoms with E-state index in [0.717, 1.165) is 22.3 Å². The molecule has 0 fully saturated rings. The molecule has 0 heterocycles. The lowest BCUT2D eigenvalue weighted by Gasteiger charge is -2.08. The first-order chi connectivity index (χ1) is 7.58. The Labute approximate surface area is 94.2 Å². The number of hydrogen-bond donors (Lipinski definition) is 1. The smallest absolute Gasteiger partial charge is 0.164 e. The van der Waals surface area contributed by atoms with Crippen molar-refractivity contribution in [1.82, 2.24) is 0 Å². The highest BCUT2D eigenvalue weighted by Gasteiger charge is 2.06.